The molecule has 0 saturated heterocycles. The molecule has 0 fully saturated rings. The number of hydrogen-bond acceptors (Lipinski definition) is 5. The molecule has 0 aromatic carbocycles. The van der Waals surface area contributed by atoms with Crippen LogP contribution in [0.15, 0.2) is 109 Å². The van der Waals surface area contributed by atoms with E-state index in [0.29, 0.717) is 12.8 Å². The van der Waals surface area contributed by atoms with Gasteiger partial charge in [-0.25, -0.2) is 0 Å². The molecule has 0 aliphatic rings. The topological polar surface area (TPSA) is 72.8 Å². The zero-order valence-electron chi connectivity index (χ0n) is 52.8. The maximum absolute atomic E-state index is 12.4. The second kappa shape index (κ2) is 69.8. The van der Waals surface area contributed by atoms with Crippen LogP contribution in [0.25, 0.3) is 0 Å². The van der Waals surface area contributed by atoms with Crippen LogP contribution < -0.4 is 0 Å². The number of allylic oxidation sites excluding steroid dienone is 18. The molecule has 460 valence electrons. The van der Waals surface area contributed by atoms with Gasteiger partial charge in [-0.05, 0) is 103 Å². The van der Waals surface area contributed by atoms with Crippen LogP contribution in [0, 0.1) is 0 Å². The number of esters is 2. The largest absolute Gasteiger partial charge is 0.462 e. The number of unbranched alkanes of at least 4 members (excludes halogenated alkanes) is 37. The molecule has 5 heteroatoms. The van der Waals surface area contributed by atoms with Gasteiger partial charge in [0.1, 0.15) is 6.61 Å². The second-order valence-corrected chi connectivity index (χ2v) is 22.9. The summed E-state index contributed by atoms with van der Waals surface area (Å²) in [5.74, 6) is -0.581. The van der Waals surface area contributed by atoms with Gasteiger partial charge in [-0.2, -0.15) is 0 Å². The summed E-state index contributed by atoms with van der Waals surface area (Å²) >= 11 is 0. The van der Waals surface area contributed by atoms with E-state index in [2.05, 4.69) is 123 Å². The fourth-order valence-corrected chi connectivity index (χ4v) is 9.92. The smallest absolute Gasteiger partial charge is 0.306 e. The van der Waals surface area contributed by atoms with E-state index >= 15 is 0 Å². The van der Waals surface area contributed by atoms with Crippen LogP contribution in [0.5, 0.6) is 0 Å². The Morgan fingerprint density at radius 1 is 0.300 bits per heavy atom. The van der Waals surface area contributed by atoms with Gasteiger partial charge in [-0.1, -0.05) is 329 Å². The normalized spacial score (nSPS) is 12.9. The second-order valence-electron chi connectivity index (χ2n) is 22.9. The zero-order valence-corrected chi connectivity index (χ0v) is 52.8. The number of carbonyl (C=O) groups excluding carboxylic acids is 2. The lowest BCUT2D eigenvalue weighted by Gasteiger charge is -2.15. The Hall–Kier alpha value is -3.44. The molecule has 0 aromatic rings. The van der Waals surface area contributed by atoms with Crippen LogP contribution in [0.1, 0.15) is 335 Å². The lowest BCUT2D eigenvalue weighted by atomic mass is 10.0. The van der Waals surface area contributed by atoms with Gasteiger partial charge in [0.15, 0.2) is 6.10 Å². The maximum atomic E-state index is 12.4. The molecule has 1 atom stereocenters. The van der Waals surface area contributed by atoms with Crippen LogP contribution in [0.3, 0.4) is 0 Å². The molecular formula is C75H130O5. The van der Waals surface area contributed by atoms with Crippen molar-refractivity contribution in [3.8, 4) is 0 Å². The average Bonchev–Trinajstić information content (AvgIpc) is 3.46. The summed E-state index contributed by atoms with van der Waals surface area (Å²) < 4.78 is 10.8. The van der Waals surface area contributed by atoms with Crippen molar-refractivity contribution < 1.29 is 24.2 Å². The van der Waals surface area contributed by atoms with Crippen LogP contribution in [-0.4, -0.2) is 36.4 Å². The third kappa shape index (κ3) is 67.1. The lowest BCUT2D eigenvalue weighted by Crippen LogP contribution is -2.28. The van der Waals surface area contributed by atoms with Gasteiger partial charge >= 0.3 is 11.9 Å². The van der Waals surface area contributed by atoms with Gasteiger partial charge in [-0.15, -0.1) is 0 Å². The fraction of sp³-hybridized carbons (Fsp3) is 0.733. The van der Waals surface area contributed by atoms with Crippen molar-refractivity contribution >= 4 is 11.9 Å². The van der Waals surface area contributed by atoms with Crippen LogP contribution in [0.4, 0.5) is 0 Å². The molecule has 0 aliphatic heterocycles. The molecule has 1 unspecified atom stereocenters. The molecule has 0 bridgehead atoms. The molecule has 0 heterocycles. The van der Waals surface area contributed by atoms with E-state index in [0.717, 1.165) is 89.9 Å². The highest BCUT2D eigenvalue weighted by Crippen LogP contribution is 2.17. The van der Waals surface area contributed by atoms with Gasteiger partial charge in [0.2, 0.25) is 0 Å². The number of aliphatic hydroxyl groups excluding tert-OH is 1. The van der Waals surface area contributed by atoms with E-state index in [4.69, 9.17) is 9.47 Å². The Bertz CT molecular complexity index is 1540. The Kier molecular flexibility index (Phi) is 66.8. The van der Waals surface area contributed by atoms with Gasteiger partial charge < -0.3 is 14.6 Å². The van der Waals surface area contributed by atoms with Gasteiger partial charge in [0, 0.05) is 12.8 Å². The quantitative estimate of drug-likeness (QED) is 0.0373. The number of hydrogen-bond donors (Lipinski definition) is 1. The summed E-state index contributed by atoms with van der Waals surface area (Å²) in [5, 5.41) is 9.70. The molecule has 0 aromatic heterocycles. The third-order valence-corrected chi connectivity index (χ3v) is 15.1. The molecule has 0 saturated carbocycles. The Morgan fingerprint density at radius 3 is 0.812 bits per heavy atom. The summed E-state index contributed by atoms with van der Waals surface area (Å²) in [6, 6.07) is 0. The number of ether oxygens (including phenoxy) is 2. The Labute approximate surface area is 497 Å². The van der Waals surface area contributed by atoms with Crippen LogP contribution >= 0.6 is 0 Å². The summed E-state index contributed by atoms with van der Waals surface area (Å²) in [7, 11) is 0. The van der Waals surface area contributed by atoms with Crippen molar-refractivity contribution in [2.45, 2.75) is 341 Å². The molecule has 0 spiro atoms. The number of rotatable bonds is 63. The molecule has 5 nitrogen and oxygen atoms in total. The minimum absolute atomic E-state index is 0.0671. The summed E-state index contributed by atoms with van der Waals surface area (Å²) in [5.41, 5.74) is 0. The number of carbonyl (C=O) groups is 2. The van der Waals surface area contributed by atoms with E-state index < -0.39 is 6.10 Å². The van der Waals surface area contributed by atoms with Crippen molar-refractivity contribution in [2.24, 2.45) is 0 Å². The lowest BCUT2D eigenvalue weighted by molar-refractivity contribution is -0.161. The average molecular weight is 1110 g/mol. The summed E-state index contributed by atoms with van der Waals surface area (Å²) in [6.07, 6.45) is 101. The fourth-order valence-electron chi connectivity index (χ4n) is 9.92. The molecule has 0 rings (SSSR count). The molecule has 0 aliphatic carbocycles. The summed E-state index contributed by atoms with van der Waals surface area (Å²) in [6.45, 7) is 4.05. The third-order valence-electron chi connectivity index (χ3n) is 15.1. The van der Waals surface area contributed by atoms with Crippen LogP contribution in [-0.2, 0) is 19.1 Å². The summed E-state index contributed by atoms with van der Waals surface area (Å²) in [4.78, 5) is 24.7. The van der Waals surface area contributed by atoms with Crippen molar-refractivity contribution in [1.29, 1.82) is 0 Å². The highest BCUT2D eigenvalue weighted by atomic mass is 16.6. The molecule has 0 radical (unpaired) electrons. The SMILES string of the molecule is CC/C=C\C/C=C\C/C=C\C/C=C\C/C=C\C/C=C\CCCCCCCCCCCCCCCCC(=O)OC(CO)COC(=O)CCCCCCCCCCCCCCCCCCCC/C=C\C/C=C\C/C=C\CCCCCCC. The van der Waals surface area contributed by atoms with Crippen LogP contribution in [0.2, 0.25) is 0 Å². The van der Waals surface area contributed by atoms with Crippen molar-refractivity contribution in [3.05, 3.63) is 109 Å². The first kappa shape index (κ1) is 76.6. The number of aliphatic hydroxyl groups is 1. The minimum atomic E-state index is -0.778. The van der Waals surface area contributed by atoms with E-state index in [1.807, 2.05) is 0 Å². The maximum Gasteiger partial charge on any atom is 0.306 e. The van der Waals surface area contributed by atoms with E-state index in [-0.39, 0.29) is 25.2 Å². The van der Waals surface area contributed by atoms with Crippen molar-refractivity contribution in [3.63, 3.8) is 0 Å². The van der Waals surface area contributed by atoms with Crippen molar-refractivity contribution in [2.75, 3.05) is 13.2 Å². The minimum Gasteiger partial charge on any atom is -0.462 e. The predicted octanol–water partition coefficient (Wildman–Crippen LogP) is 24.0. The van der Waals surface area contributed by atoms with Gasteiger partial charge in [-0.3, -0.25) is 9.59 Å². The van der Waals surface area contributed by atoms with E-state index in [1.54, 1.807) is 0 Å². The first-order valence-electron chi connectivity index (χ1n) is 34.4. The van der Waals surface area contributed by atoms with Gasteiger partial charge in [0.25, 0.3) is 0 Å². The van der Waals surface area contributed by atoms with Crippen molar-refractivity contribution in [1.82, 2.24) is 0 Å². The first-order valence-corrected chi connectivity index (χ1v) is 34.4. The first-order chi connectivity index (χ1) is 39.6. The molecule has 0 amide bonds. The molecule has 1 N–H and O–H groups in total. The molecular weight excluding hydrogens is 981 g/mol. The predicted molar refractivity (Wildman–Crippen MR) is 352 cm³/mol. The highest BCUT2D eigenvalue weighted by molar-refractivity contribution is 5.70. The Balaban J connectivity index is 3.46. The zero-order chi connectivity index (χ0) is 57.6. The standard InChI is InChI=1S/C75H130O5/c1-3-5-7-9-11-13-15-17-19-21-23-25-27-29-31-33-35-37-39-41-43-45-47-49-51-53-55-57-59-61-63-65-67-69-74(77)79-72-73(71-76)80-75(78)70-68-66-64-62-60-58-56-54-52-50-48-46-44-42-40-38-36-34-32-30-28-26-24-22-20-18-16-14-12-10-8-6-4-2/h6,8,12,14-15,17-18,20-21,23-24,26-27,29-30,32,36,38,73,76H,3-5,7,9-11,13,16,19,22,25,28,31,33-35,37,39-72H2,1-2H3/b8-6-,14-12-,17-15-,20-18-,23-21-,26-24-,29-27-,32-30-,38-36-. The monoisotopic (exact) mass is 1110 g/mol. The Morgan fingerprint density at radius 2 is 0.537 bits per heavy atom. The highest BCUT2D eigenvalue weighted by Gasteiger charge is 2.16. The van der Waals surface area contributed by atoms with E-state index in [9.17, 15) is 14.7 Å². The van der Waals surface area contributed by atoms with E-state index in [1.165, 1.54) is 218 Å². The molecule has 80 heavy (non-hydrogen) atoms. The van der Waals surface area contributed by atoms with Gasteiger partial charge in [0.05, 0.1) is 6.61 Å².